The molecule has 0 radical (unpaired) electrons. The predicted molar refractivity (Wildman–Crippen MR) is 77.4 cm³/mol. The van der Waals surface area contributed by atoms with Gasteiger partial charge in [-0.2, -0.15) is 0 Å². The molecule has 0 fully saturated rings. The van der Waals surface area contributed by atoms with Crippen LogP contribution in [-0.2, 0) is 4.74 Å². The number of nitrogens with two attached hydrogens (primary N) is 1. The Kier molecular flexibility index (Phi) is 4.58. The molecule has 1 aliphatic rings. The summed E-state index contributed by atoms with van der Waals surface area (Å²) in [6.45, 7) is 1.95. The lowest BCUT2D eigenvalue weighted by molar-refractivity contribution is 0.165. The smallest absolute Gasteiger partial charge is 0.192 e. The number of aromatic nitrogens is 1. The highest BCUT2D eigenvalue weighted by Gasteiger charge is 2.29. The Morgan fingerprint density at radius 1 is 1.56 bits per heavy atom. The van der Waals surface area contributed by atoms with Crippen molar-refractivity contribution in [2.75, 3.05) is 26.8 Å². The van der Waals surface area contributed by atoms with Gasteiger partial charge in [-0.25, -0.2) is 0 Å². The largest absolute Gasteiger partial charge is 0.383 e. The van der Waals surface area contributed by atoms with Crippen LogP contribution in [-0.4, -0.2) is 42.6 Å². The number of aliphatic imine (C=N–C) groups is 1. The van der Waals surface area contributed by atoms with Gasteiger partial charge in [0.2, 0.25) is 0 Å². The first-order valence-electron chi connectivity index (χ1n) is 5.50. The van der Waals surface area contributed by atoms with E-state index in [2.05, 4.69) is 41.8 Å². The zero-order valence-corrected chi connectivity index (χ0v) is 13.1. The lowest BCUT2D eigenvalue weighted by Gasteiger charge is -2.26. The number of nitrogens with zero attached hydrogens (tertiary/aromatic N) is 3. The van der Waals surface area contributed by atoms with E-state index in [1.54, 1.807) is 13.3 Å². The SMILES string of the molecule is COCCN1C(N)=NCC1c1ncc(Br)cc1Br. The molecule has 18 heavy (non-hydrogen) atoms. The number of halogens is 2. The van der Waals surface area contributed by atoms with Gasteiger partial charge in [-0.05, 0) is 37.9 Å². The van der Waals surface area contributed by atoms with Crippen LogP contribution < -0.4 is 5.73 Å². The van der Waals surface area contributed by atoms with Crippen LogP contribution in [0.25, 0.3) is 0 Å². The molecule has 1 aromatic heterocycles. The molecule has 0 amide bonds. The maximum Gasteiger partial charge on any atom is 0.192 e. The maximum atomic E-state index is 5.90. The molecule has 0 saturated heterocycles. The second kappa shape index (κ2) is 5.99. The lowest BCUT2D eigenvalue weighted by Crippen LogP contribution is -2.38. The number of methoxy groups -OCH3 is 1. The summed E-state index contributed by atoms with van der Waals surface area (Å²) in [6.07, 6.45) is 1.78. The minimum Gasteiger partial charge on any atom is -0.383 e. The third-order valence-corrected chi connectivity index (χ3v) is 3.85. The van der Waals surface area contributed by atoms with Gasteiger partial charge >= 0.3 is 0 Å². The van der Waals surface area contributed by atoms with Gasteiger partial charge < -0.3 is 15.4 Å². The summed E-state index contributed by atoms with van der Waals surface area (Å²) >= 11 is 6.92. The second-order valence-electron chi connectivity index (χ2n) is 3.92. The van der Waals surface area contributed by atoms with Gasteiger partial charge in [0.15, 0.2) is 5.96 Å². The number of rotatable bonds is 4. The molecule has 0 aliphatic carbocycles. The van der Waals surface area contributed by atoms with Crippen LogP contribution in [0.2, 0.25) is 0 Å². The predicted octanol–water partition coefficient (Wildman–Crippen LogP) is 1.92. The number of hydrogen-bond donors (Lipinski definition) is 1. The summed E-state index contributed by atoms with van der Waals surface area (Å²) in [6, 6.07) is 2.05. The number of guanidine groups is 1. The third-order valence-electron chi connectivity index (χ3n) is 2.78. The van der Waals surface area contributed by atoms with Gasteiger partial charge in [0.05, 0.1) is 24.9 Å². The average molecular weight is 378 g/mol. The van der Waals surface area contributed by atoms with Crippen molar-refractivity contribution in [2.24, 2.45) is 10.7 Å². The Hall–Kier alpha value is -0.660. The summed E-state index contributed by atoms with van der Waals surface area (Å²) in [5, 5.41) is 0. The first kappa shape index (κ1) is 13.8. The molecule has 2 N–H and O–H groups in total. The number of hydrogen-bond acceptors (Lipinski definition) is 5. The Bertz CT molecular complexity index is 466. The fourth-order valence-corrected chi connectivity index (χ4v) is 3.15. The first-order chi connectivity index (χ1) is 8.63. The highest BCUT2D eigenvalue weighted by Crippen LogP contribution is 2.30. The van der Waals surface area contributed by atoms with E-state index >= 15 is 0 Å². The van der Waals surface area contributed by atoms with Gasteiger partial charge in [-0.15, -0.1) is 0 Å². The molecule has 2 rings (SSSR count). The standard InChI is InChI=1S/C11H14Br2N4O/c1-18-3-2-17-9(6-16-11(17)14)10-8(13)4-7(12)5-15-10/h4-5,9H,2-3,6H2,1H3,(H2,14,16). The highest BCUT2D eigenvalue weighted by atomic mass is 79.9. The van der Waals surface area contributed by atoms with Crippen molar-refractivity contribution in [3.05, 3.63) is 26.9 Å². The van der Waals surface area contributed by atoms with E-state index in [4.69, 9.17) is 10.5 Å². The summed E-state index contributed by atoms with van der Waals surface area (Å²) in [5.41, 5.74) is 6.84. The maximum absolute atomic E-state index is 5.90. The minimum absolute atomic E-state index is 0.0719. The van der Waals surface area contributed by atoms with Crippen LogP contribution in [0.5, 0.6) is 0 Å². The summed E-state index contributed by atoms with van der Waals surface area (Å²) in [7, 11) is 1.67. The van der Waals surface area contributed by atoms with E-state index in [0.29, 0.717) is 25.7 Å². The van der Waals surface area contributed by atoms with Crippen molar-refractivity contribution in [1.82, 2.24) is 9.88 Å². The monoisotopic (exact) mass is 376 g/mol. The van der Waals surface area contributed by atoms with Crippen LogP contribution in [0.15, 0.2) is 26.2 Å². The van der Waals surface area contributed by atoms with Crippen LogP contribution >= 0.6 is 31.9 Å². The molecule has 1 unspecified atom stereocenters. The van der Waals surface area contributed by atoms with E-state index in [1.165, 1.54) is 0 Å². The molecule has 1 aliphatic heterocycles. The molecule has 0 bridgehead atoms. The molecule has 0 spiro atoms. The average Bonchev–Trinajstić information content (AvgIpc) is 2.68. The molecule has 1 aromatic rings. The molecule has 1 atom stereocenters. The summed E-state index contributed by atoms with van der Waals surface area (Å²) in [5.74, 6) is 0.550. The Balaban J connectivity index is 2.21. The highest BCUT2D eigenvalue weighted by molar-refractivity contribution is 9.11. The Labute approximate surface area is 123 Å². The molecule has 7 heteroatoms. The number of ether oxygens (including phenoxy) is 1. The molecular formula is C11H14Br2N4O. The summed E-state index contributed by atoms with van der Waals surface area (Å²) < 4.78 is 6.99. The van der Waals surface area contributed by atoms with E-state index in [0.717, 1.165) is 14.6 Å². The van der Waals surface area contributed by atoms with Gasteiger partial charge in [0, 0.05) is 28.8 Å². The van der Waals surface area contributed by atoms with E-state index in [1.807, 2.05) is 11.0 Å². The quantitative estimate of drug-likeness (QED) is 0.870. The molecule has 0 aromatic carbocycles. The Morgan fingerprint density at radius 3 is 3.00 bits per heavy atom. The van der Waals surface area contributed by atoms with Crippen molar-refractivity contribution < 1.29 is 4.74 Å². The van der Waals surface area contributed by atoms with Crippen LogP contribution in [0.3, 0.4) is 0 Å². The van der Waals surface area contributed by atoms with Crippen molar-refractivity contribution in [3.63, 3.8) is 0 Å². The molecular weight excluding hydrogens is 364 g/mol. The minimum atomic E-state index is 0.0719. The van der Waals surface area contributed by atoms with Crippen molar-refractivity contribution in [3.8, 4) is 0 Å². The fraction of sp³-hybridized carbons (Fsp3) is 0.455. The van der Waals surface area contributed by atoms with Gasteiger partial charge in [-0.3, -0.25) is 9.98 Å². The molecule has 0 saturated carbocycles. The normalized spacial score (nSPS) is 19.2. The van der Waals surface area contributed by atoms with Crippen LogP contribution in [0.4, 0.5) is 0 Å². The van der Waals surface area contributed by atoms with Crippen molar-refractivity contribution in [2.45, 2.75) is 6.04 Å². The lowest BCUT2D eigenvalue weighted by atomic mass is 10.2. The summed E-state index contributed by atoms with van der Waals surface area (Å²) in [4.78, 5) is 10.7. The number of pyridine rings is 1. The molecule has 98 valence electrons. The van der Waals surface area contributed by atoms with Crippen LogP contribution in [0, 0.1) is 0 Å². The van der Waals surface area contributed by atoms with Gasteiger partial charge in [-0.1, -0.05) is 0 Å². The zero-order chi connectivity index (χ0) is 13.1. The molecule has 5 nitrogen and oxygen atoms in total. The van der Waals surface area contributed by atoms with E-state index < -0.39 is 0 Å². The zero-order valence-electron chi connectivity index (χ0n) is 9.94. The van der Waals surface area contributed by atoms with Crippen molar-refractivity contribution in [1.29, 1.82) is 0 Å². The van der Waals surface area contributed by atoms with Crippen LogP contribution in [0.1, 0.15) is 11.7 Å². The topological polar surface area (TPSA) is 63.7 Å². The van der Waals surface area contributed by atoms with Crippen molar-refractivity contribution >= 4 is 37.8 Å². The molecule has 2 heterocycles. The first-order valence-corrected chi connectivity index (χ1v) is 7.08. The van der Waals surface area contributed by atoms with E-state index in [-0.39, 0.29) is 6.04 Å². The Morgan fingerprint density at radius 2 is 2.33 bits per heavy atom. The fourth-order valence-electron chi connectivity index (χ4n) is 1.89. The van der Waals surface area contributed by atoms with E-state index in [9.17, 15) is 0 Å². The third kappa shape index (κ3) is 2.84. The second-order valence-corrected chi connectivity index (χ2v) is 5.69. The van der Waals surface area contributed by atoms with Gasteiger partial charge in [0.1, 0.15) is 0 Å². The van der Waals surface area contributed by atoms with Gasteiger partial charge in [0.25, 0.3) is 0 Å².